The van der Waals surface area contributed by atoms with E-state index in [4.69, 9.17) is 9.47 Å². The molecule has 0 saturated carbocycles. The molecule has 0 unspecified atom stereocenters. The third-order valence-corrected chi connectivity index (χ3v) is 7.95. The van der Waals surface area contributed by atoms with E-state index in [9.17, 15) is 9.59 Å². The normalized spacial score (nSPS) is 38.3. The van der Waals surface area contributed by atoms with Crippen molar-refractivity contribution in [1.29, 1.82) is 0 Å². The van der Waals surface area contributed by atoms with Crippen molar-refractivity contribution in [3.8, 4) is 5.75 Å². The largest absolute Gasteiger partial charge is 0.497 e. The van der Waals surface area contributed by atoms with Crippen molar-refractivity contribution >= 4 is 11.8 Å². The Morgan fingerprint density at radius 1 is 1.23 bits per heavy atom. The van der Waals surface area contributed by atoms with Gasteiger partial charge >= 0.3 is 0 Å². The molecule has 0 N–H and O–H groups in total. The Morgan fingerprint density at radius 2 is 2.00 bits per heavy atom. The van der Waals surface area contributed by atoms with Crippen molar-refractivity contribution in [1.82, 2.24) is 14.7 Å². The van der Waals surface area contributed by atoms with Crippen molar-refractivity contribution in [2.45, 2.75) is 18.2 Å². The van der Waals surface area contributed by atoms with Crippen LogP contribution in [0.4, 0.5) is 0 Å². The van der Waals surface area contributed by atoms with E-state index in [1.54, 1.807) is 7.11 Å². The van der Waals surface area contributed by atoms with Crippen LogP contribution in [0.2, 0.25) is 0 Å². The molecule has 0 aliphatic carbocycles. The molecule has 7 heteroatoms. The molecule has 0 radical (unpaired) electrons. The van der Waals surface area contributed by atoms with Crippen LogP contribution in [0.15, 0.2) is 36.4 Å². The van der Waals surface area contributed by atoms with E-state index in [1.807, 2.05) is 46.2 Å². The zero-order valence-corrected chi connectivity index (χ0v) is 18.1. The minimum atomic E-state index is -0.656. The van der Waals surface area contributed by atoms with Crippen LogP contribution in [-0.2, 0) is 20.9 Å². The maximum Gasteiger partial charge on any atom is 0.230 e. The predicted octanol–water partition coefficient (Wildman–Crippen LogP) is 0.997. The number of methoxy groups -OCH3 is 1. The lowest BCUT2D eigenvalue weighted by molar-refractivity contribution is -0.143. The van der Waals surface area contributed by atoms with Gasteiger partial charge in [0.05, 0.1) is 31.6 Å². The maximum atomic E-state index is 13.6. The number of rotatable bonds is 4. The topological polar surface area (TPSA) is 62.3 Å². The van der Waals surface area contributed by atoms with Gasteiger partial charge in [-0.3, -0.25) is 9.59 Å². The molecule has 7 nitrogen and oxygen atoms in total. The summed E-state index contributed by atoms with van der Waals surface area (Å²) in [5.74, 6) is 1.22. The van der Waals surface area contributed by atoms with E-state index in [2.05, 4.69) is 11.9 Å². The minimum Gasteiger partial charge on any atom is -0.497 e. The Balaban J connectivity index is 1.21. The van der Waals surface area contributed by atoms with Crippen LogP contribution in [0.1, 0.15) is 5.56 Å². The Labute approximate surface area is 182 Å². The maximum absolute atomic E-state index is 13.6. The molecule has 4 saturated heterocycles. The summed E-state index contributed by atoms with van der Waals surface area (Å²) in [6, 6.07) is 7.78. The SMILES string of the molecule is COc1cccc(CN2C[C@]34C=C[C@H](O3)[C@H](C(=O)N3C[C@H]5CN(C)C[C@H]5C3)[C@H]4C2=O)c1. The molecule has 2 bridgehead atoms. The van der Waals surface area contributed by atoms with E-state index < -0.39 is 17.4 Å². The fourth-order valence-corrected chi connectivity index (χ4v) is 6.60. The molecular formula is C24H29N3O4. The van der Waals surface area contributed by atoms with Gasteiger partial charge in [-0.05, 0) is 36.6 Å². The number of nitrogens with zero attached hydrogens (tertiary/aromatic N) is 3. The molecule has 1 aromatic rings. The average Bonchev–Trinajstić information content (AvgIpc) is 3.53. The zero-order chi connectivity index (χ0) is 21.3. The van der Waals surface area contributed by atoms with E-state index in [1.165, 1.54) is 0 Å². The smallest absolute Gasteiger partial charge is 0.230 e. The van der Waals surface area contributed by atoms with E-state index in [0.717, 1.165) is 37.5 Å². The molecular weight excluding hydrogens is 394 g/mol. The van der Waals surface area contributed by atoms with Gasteiger partial charge in [-0.1, -0.05) is 24.3 Å². The number of carbonyl (C=O) groups is 2. The van der Waals surface area contributed by atoms with Crippen LogP contribution in [0.5, 0.6) is 5.75 Å². The lowest BCUT2D eigenvalue weighted by Crippen LogP contribution is -2.46. The number of amides is 2. The van der Waals surface area contributed by atoms with Gasteiger partial charge < -0.3 is 24.2 Å². The first-order chi connectivity index (χ1) is 15.0. The number of fused-ring (bicyclic) bond motifs is 2. The second-order valence-electron chi connectivity index (χ2n) is 9.93. The van der Waals surface area contributed by atoms with E-state index in [-0.39, 0.29) is 17.9 Å². The molecule has 31 heavy (non-hydrogen) atoms. The fourth-order valence-electron chi connectivity index (χ4n) is 6.60. The monoisotopic (exact) mass is 423 g/mol. The quantitative estimate of drug-likeness (QED) is 0.676. The van der Waals surface area contributed by atoms with Crippen LogP contribution in [0, 0.1) is 23.7 Å². The number of hydrogen-bond donors (Lipinski definition) is 0. The molecule has 2 amide bonds. The van der Waals surface area contributed by atoms with Crippen molar-refractivity contribution in [3.63, 3.8) is 0 Å². The van der Waals surface area contributed by atoms with Crippen molar-refractivity contribution in [2.24, 2.45) is 23.7 Å². The molecule has 4 fully saturated rings. The first-order valence-electron chi connectivity index (χ1n) is 11.2. The number of likely N-dealkylation sites (tertiary alicyclic amines) is 3. The van der Waals surface area contributed by atoms with Gasteiger partial charge in [0, 0.05) is 32.7 Å². The number of carbonyl (C=O) groups excluding carboxylic acids is 2. The summed E-state index contributed by atoms with van der Waals surface area (Å²) in [6.07, 6.45) is 3.76. The summed E-state index contributed by atoms with van der Waals surface area (Å²) in [6.45, 7) is 4.72. The van der Waals surface area contributed by atoms with Gasteiger partial charge in [-0.2, -0.15) is 0 Å². The molecule has 164 valence electrons. The highest BCUT2D eigenvalue weighted by Gasteiger charge is 2.67. The second-order valence-corrected chi connectivity index (χ2v) is 9.93. The summed E-state index contributed by atoms with van der Waals surface area (Å²) in [7, 11) is 3.79. The summed E-state index contributed by atoms with van der Waals surface area (Å²) < 4.78 is 11.6. The zero-order valence-electron chi connectivity index (χ0n) is 18.1. The van der Waals surface area contributed by atoms with Crippen LogP contribution < -0.4 is 4.74 Å². The van der Waals surface area contributed by atoms with Gasteiger partial charge in [0.15, 0.2) is 0 Å². The van der Waals surface area contributed by atoms with Crippen molar-refractivity contribution in [2.75, 3.05) is 46.9 Å². The van der Waals surface area contributed by atoms with Crippen LogP contribution >= 0.6 is 0 Å². The lowest BCUT2D eigenvalue weighted by atomic mass is 9.76. The third-order valence-electron chi connectivity index (χ3n) is 7.95. The summed E-state index contributed by atoms with van der Waals surface area (Å²) in [5, 5.41) is 0. The number of hydrogen-bond acceptors (Lipinski definition) is 5. The Morgan fingerprint density at radius 3 is 2.74 bits per heavy atom. The second kappa shape index (κ2) is 6.81. The van der Waals surface area contributed by atoms with Crippen LogP contribution in [0.25, 0.3) is 0 Å². The van der Waals surface area contributed by atoms with Gasteiger partial charge in [0.25, 0.3) is 0 Å². The average molecular weight is 424 g/mol. The Kier molecular flexibility index (Phi) is 4.24. The third kappa shape index (κ3) is 2.86. The lowest BCUT2D eigenvalue weighted by Gasteiger charge is -2.28. The molecule has 1 aromatic carbocycles. The summed E-state index contributed by atoms with van der Waals surface area (Å²) >= 11 is 0. The Hall–Kier alpha value is -2.38. The van der Waals surface area contributed by atoms with Crippen LogP contribution in [0.3, 0.4) is 0 Å². The first-order valence-corrected chi connectivity index (χ1v) is 11.2. The molecule has 0 aromatic heterocycles. The van der Waals surface area contributed by atoms with Crippen molar-refractivity contribution in [3.05, 3.63) is 42.0 Å². The molecule has 1 spiro atoms. The van der Waals surface area contributed by atoms with Gasteiger partial charge in [-0.15, -0.1) is 0 Å². The molecule has 6 atom stereocenters. The van der Waals surface area contributed by atoms with E-state index in [0.29, 0.717) is 24.9 Å². The molecule has 5 heterocycles. The highest BCUT2D eigenvalue weighted by atomic mass is 16.5. The van der Waals surface area contributed by atoms with Crippen LogP contribution in [-0.4, -0.2) is 85.1 Å². The molecule has 5 aliphatic rings. The van der Waals surface area contributed by atoms with Crippen molar-refractivity contribution < 1.29 is 19.1 Å². The first kappa shape index (κ1) is 19.3. The fraction of sp³-hybridized carbons (Fsp3) is 0.583. The van der Waals surface area contributed by atoms with Gasteiger partial charge in [0.1, 0.15) is 11.4 Å². The van der Waals surface area contributed by atoms with Gasteiger partial charge in [0.2, 0.25) is 11.8 Å². The number of benzene rings is 1. The summed E-state index contributed by atoms with van der Waals surface area (Å²) in [5.41, 5.74) is 0.360. The van der Waals surface area contributed by atoms with Gasteiger partial charge in [-0.25, -0.2) is 0 Å². The highest BCUT2D eigenvalue weighted by Crippen LogP contribution is 2.53. The minimum absolute atomic E-state index is 0.0344. The molecule has 6 rings (SSSR count). The highest BCUT2D eigenvalue weighted by molar-refractivity contribution is 5.93. The van der Waals surface area contributed by atoms with E-state index >= 15 is 0 Å². The predicted molar refractivity (Wildman–Crippen MR) is 113 cm³/mol. The Bertz CT molecular complexity index is 950. The standard InChI is InChI=1S/C24H29N3O4/c1-25-10-16-12-26(13-17(16)11-25)22(28)20-19-6-7-24(31-19)14-27(23(29)21(20)24)9-15-4-3-5-18(8-15)30-2/h3-8,16-17,19-21H,9-14H2,1-2H3/t16-,17+,19-,20-,21-,24-/m0/s1. The summed E-state index contributed by atoms with van der Waals surface area (Å²) in [4.78, 5) is 33.3. The number of ether oxygens (including phenoxy) is 2. The molecule has 5 aliphatic heterocycles.